The summed E-state index contributed by atoms with van der Waals surface area (Å²) in [5, 5.41) is 3.24. The SMILES string of the molecule is C[C@@H]1CCCC[C@@H]1NC(=O)CN1CCN(c2ncccn2)CC1. The Morgan fingerprint density at radius 2 is 1.87 bits per heavy atom. The van der Waals surface area contributed by atoms with E-state index in [2.05, 4.69) is 32.0 Å². The molecule has 6 heteroatoms. The van der Waals surface area contributed by atoms with Crippen LogP contribution in [0, 0.1) is 5.92 Å². The lowest BCUT2D eigenvalue weighted by molar-refractivity contribution is -0.123. The predicted octanol–water partition coefficient (Wildman–Crippen LogP) is 1.29. The monoisotopic (exact) mass is 317 g/mol. The van der Waals surface area contributed by atoms with Crippen LogP contribution < -0.4 is 10.2 Å². The molecule has 1 aliphatic carbocycles. The Kier molecular flexibility index (Phi) is 5.43. The van der Waals surface area contributed by atoms with Gasteiger partial charge in [-0.15, -0.1) is 0 Å². The lowest BCUT2D eigenvalue weighted by Gasteiger charge is -2.35. The van der Waals surface area contributed by atoms with Gasteiger partial charge in [0, 0.05) is 44.6 Å². The summed E-state index contributed by atoms with van der Waals surface area (Å²) in [6, 6.07) is 2.20. The highest BCUT2D eigenvalue weighted by Gasteiger charge is 2.25. The second kappa shape index (κ2) is 7.73. The van der Waals surface area contributed by atoms with E-state index in [9.17, 15) is 4.79 Å². The molecule has 126 valence electrons. The van der Waals surface area contributed by atoms with Crippen molar-refractivity contribution < 1.29 is 4.79 Å². The van der Waals surface area contributed by atoms with Crippen LogP contribution >= 0.6 is 0 Å². The van der Waals surface area contributed by atoms with Crippen molar-refractivity contribution in [1.29, 1.82) is 0 Å². The molecule has 0 spiro atoms. The lowest BCUT2D eigenvalue weighted by Crippen LogP contribution is -2.51. The summed E-state index contributed by atoms with van der Waals surface area (Å²) in [5.41, 5.74) is 0. The van der Waals surface area contributed by atoms with Crippen LogP contribution in [0.1, 0.15) is 32.6 Å². The van der Waals surface area contributed by atoms with Gasteiger partial charge in [0.05, 0.1) is 6.54 Å². The third-order valence-corrected chi connectivity index (χ3v) is 5.03. The van der Waals surface area contributed by atoms with Crippen LogP contribution in [0.15, 0.2) is 18.5 Å². The zero-order chi connectivity index (χ0) is 16.1. The number of nitrogens with one attached hydrogen (secondary N) is 1. The molecule has 6 nitrogen and oxygen atoms in total. The Morgan fingerprint density at radius 3 is 2.57 bits per heavy atom. The molecule has 2 heterocycles. The summed E-state index contributed by atoms with van der Waals surface area (Å²) in [4.78, 5) is 25.3. The van der Waals surface area contributed by atoms with Crippen molar-refractivity contribution in [3.05, 3.63) is 18.5 Å². The highest BCUT2D eigenvalue weighted by molar-refractivity contribution is 5.78. The molecule has 0 unspecified atom stereocenters. The molecule has 1 aliphatic heterocycles. The first kappa shape index (κ1) is 16.2. The van der Waals surface area contributed by atoms with Gasteiger partial charge in [-0.25, -0.2) is 9.97 Å². The second-order valence-corrected chi connectivity index (χ2v) is 6.75. The van der Waals surface area contributed by atoms with Gasteiger partial charge >= 0.3 is 0 Å². The highest BCUT2D eigenvalue weighted by atomic mass is 16.2. The van der Waals surface area contributed by atoms with Crippen molar-refractivity contribution in [1.82, 2.24) is 20.2 Å². The maximum atomic E-state index is 12.3. The third kappa shape index (κ3) is 4.41. The van der Waals surface area contributed by atoms with Crippen LogP contribution in [-0.2, 0) is 4.79 Å². The van der Waals surface area contributed by atoms with Crippen LogP contribution in [0.5, 0.6) is 0 Å². The summed E-state index contributed by atoms with van der Waals surface area (Å²) < 4.78 is 0. The number of piperazine rings is 1. The van der Waals surface area contributed by atoms with Crippen molar-refractivity contribution in [2.45, 2.75) is 38.6 Å². The number of hydrogen-bond acceptors (Lipinski definition) is 5. The lowest BCUT2D eigenvalue weighted by atomic mass is 9.86. The Bertz CT molecular complexity index is 501. The predicted molar refractivity (Wildman–Crippen MR) is 90.2 cm³/mol. The number of hydrogen-bond donors (Lipinski definition) is 1. The van der Waals surface area contributed by atoms with E-state index in [1.54, 1.807) is 12.4 Å². The van der Waals surface area contributed by atoms with Crippen molar-refractivity contribution >= 4 is 11.9 Å². The normalized spacial score (nSPS) is 26.0. The van der Waals surface area contributed by atoms with Crippen LogP contribution in [0.3, 0.4) is 0 Å². The van der Waals surface area contributed by atoms with E-state index in [4.69, 9.17) is 0 Å². The van der Waals surface area contributed by atoms with E-state index >= 15 is 0 Å². The van der Waals surface area contributed by atoms with Crippen molar-refractivity contribution in [3.8, 4) is 0 Å². The van der Waals surface area contributed by atoms with Crippen molar-refractivity contribution in [2.75, 3.05) is 37.6 Å². The second-order valence-electron chi connectivity index (χ2n) is 6.75. The first-order valence-electron chi connectivity index (χ1n) is 8.76. The van der Waals surface area contributed by atoms with E-state index in [1.165, 1.54) is 19.3 Å². The van der Waals surface area contributed by atoms with Crippen LogP contribution in [-0.4, -0.2) is 59.5 Å². The molecule has 3 rings (SSSR count). The first-order chi connectivity index (χ1) is 11.2. The van der Waals surface area contributed by atoms with Gasteiger partial charge in [0.15, 0.2) is 0 Å². The van der Waals surface area contributed by atoms with Gasteiger partial charge in [-0.05, 0) is 24.8 Å². The average Bonchev–Trinajstić information content (AvgIpc) is 2.58. The molecule has 23 heavy (non-hydrogen) atoms. The van der Waals surface area contributed by atoms with Gasteiger partial charge in [0.2, 0.25) is 11.9 Å². The summed E-state index contributed by atoms with van der Waals surface area (Å²) in [6.07, 6.45) is 8.45. The quantitative estimate of drug-likeness (QED) is 0.907. The average molecular weight is 317 g/mol. The van der Waals surface area contributed by atoms with E-state index in [0.29, 0.717) is 18.5 Å². The summed E-state index contributed by atoms with van der Waals surface area (Å²) in [6.45, 7) is 6.27. The van der Waals surface area contributed by atoms with Crippen LogP contribution in [0.4, 0.5) is 5.95 Å². The zero-order valence-corrected chi connectivity index (χ0v) is 13.9. The fourth-order valence-corrected chi connectivity index (χ4v) is 3.55. The molecule has 1 aromatic heterocycles. The molecular formula is C17H27N5O. The van der Waals surface area contributed by atoms with E-state index in [1.807, 2.05) is 6.07 Å². The Balaban J connectivity index is 1.42. The van der Waals surface area contributed by atoms with E-state index in [-0.39, 0.29) is 5.91 Å². The van der Waals surface area contributed by atoms with Gasteiger partial charge in [0.25, 0.3) is 0 Å². The van der Waals surface area contributed by atoms with Gasteiger partial charge in [0.1, 0.15) is 0 Å². The number of carbonyl (C=O) groups excluding carboxylic acids is 1. The summed E-state index contributed by atoms with van der Waals surface area (Å²) in [7, 11) is 0. The van der Waals surface area contributed by atoms with Gasteiger partial charge < -0.3 is 10.2 Å². The largest absolute Gasteiger partial charge is 0.352 e. The molecular weight excluding hydrogens is 290 g/mol. The topological polar surface area (TPSA) is 61.4 Å². The number of carbonyl (C=O) groups is 1. The molecule has 2 fully saturated rings. The molecule has 1 aromatic rings. The Labute approximate surface area is 138 Å². The van der Waals surface area contributed by atoms with Gasteiger partial charge in [-0.2, -0.15) is 0 Å². The van der Waals surface area contributed by atoms with Gasteiger partial charge in [-0.3, -0.25) is 9.69 Å². The molecule has 1 amide bonds. The van der Waals surface area contributed by atoms with E-state index in [0.717, 1.165) is 38.5 Å². The highest BCUT2D eigenvalue weighted by Crippen LogP contribution is 2.23. The molecule has 2 atom stereocenters. The number of amides is 1. The van der Waals surface area contributed by atoms with Crippen molar-refractivity contribution in [3.63, 3.8) is 0 Å². The zero-order valence-electron chi connectivity index (χ0n) is 13.9. The molecule has 1 saturated heterocycles. The minimum Gasteiger partial charge on any atom is -0.352 e. The maximum absolute atomic E-state index is 12.3. The minimum absolute atomic E-state index is 0.174. The molecule has 0 bridgehead atoms. The molecule has 1 saturated carbocycles. The molecule has 0 aromatic carbocycles. The Morgan fingerprint density at radius 1 is 1.17 bits per heavy atom. The number of anilines is 1. The van der Waals surface area contributed by atoms with Crippen LogP contribution in [0.25, 0.3) is 0 Å². The standard InChI is InChI=1S/C17H27N5O/c1-14-5-2-3-6-15(14)20-16(23)13-21-9-11-22(12-10-21)17-18-7-4-8-19-17/h4,7-8,14-15H,2-3,5-6,9-13H2,1H3,(H,20,23)/t14-,15+/m1/s1. The molecule has 2 aliphatic rings. The molecule has 0 radical (unpaired) electrons. The summed E-state index contributed by atoms with van der Waals surface area (Å²) in [5.74, 6) is 1.57. The fourth-order valence-electron chi connectivity index (χ4n) is 3.55. The fraction of sp³-hybridized carbons (Fsp3) is 0.706. The first-order valence-corrected chi connectivity index (χ1v) is 8.76. The van der Waals surface area contributed by atoms with Crippen LogP contribution in [0.2, 0.25) is 0 Å². The number of nitrogens with zero attached hydrogens (tertiary/aromatic N) is 4. The smallest absolute Gasteiger partial charge is 0.234 e. The number of rotatable bonds is 4. The Hall–Kier alpha value is -1.69. The minimum atomic E-state index is 0.174. The molecule has 1 N–H and O–H groups in total. The van der Waals surface area contributed by atoms with E-state index < -0.39 is 0 Å². The third-order valence-electron chi connectivity index (χ3n) is 5.03. The van der Waals surface area contributed by atoms with Crippen molar-refractivity contribution in [2.24, 2.45) is 5.92 Å². The van der Waals surface area contributed by atoms with Gasteiger partial charge in [-0.1, -0.05) is 19.8 Å². The number of aromatic nitrogens is 2. The summed E-state index contributed by atoms with van der Waals surface area (Å²) >= 11 is 0. The maximum Gasteiger partial charge on any atom is 0.234 e.